The van der Waals surface area contributed by atoms with E-state index in [2.05, 4.69) is 10.4 Å². The molecule has 1 heterocycles. The Morgan fingerprint density at radius 2 is 2.10 bits per heavy atom. The van der Waals surface area contributed by atoms with Gasteiger partial charge in [-0.1, -0.05) is 0 Å². The standard InChI is InChI=1S/C9H13F3N4O3S/c10-9(11,12)6-16(3-4-17)20(18,19)7-1-2-14-8(5-7)15-13/h1-2,5,17H,3-4,6,13H2,(H,14,15). The van der Waals surface area contributed by atoms with Crippen LogP contribution in [0.2, 0.25) is 0 Å². The van der Waals surface area contributed by atoms with Crippen LogP contribution in [-0.2, 0) is 10.0 Å². The van der Waals surface area contributed by atoms with Crippen LogP contribution < -0.4 is 11.3 Å². The second kappa shape index (κ2) is 6.35. The Balaban J connectivity index is 3.15. The van der Waals surface area contributed by atoms with Crippen LogP contribution in [0.15, 0.2) is 23.2 Å². The minimum Gasteiger partial charge on any atom is -0.395 e. The molecule has 0 saturated heterocycles. The quantitative estimate of drug-likeness (QED) is 0.500. The third-order valence-electron chi connectivity index (χ3n) is 2.22. The number of aromatic nitrogens is 1. The van der Waals surface area contributed by atoms with E-state index in [1.54, 1.807) is 0 Å². The Morgan fingerprint density at radius 3 is 2.60 bits per heavy atom. The molecule has 114 valence electrons. The van der Waals surface area contributed by atoms with E-state index in [0.29, 0.717) is 0 Å². The molecule has 0 saturated carbocycles. The molecule has 0 aromatic carbocycles. The molecule has 0 unspecified atom stereocenters. The number of nitrogen functional groups attached to an aromatic ring is 1. The summed E-state index contributed by atoms with van der Waals surface area (Å²) in [4.78, 5) is 3.26. The summed E-state index contributed by atoms with van der Waals surface area (Å²) in [6, 6.07) is 2.03. The van der Waals surface area contributed by atoms with Gasteiger partial charge in [0.1, 0.15) is 12.4 Å². The van der Waals surface area contributed by atoms with Crippen LogP contribution in [0.3, 0.4) is 0 Å². The third kappa shape index (κ3) is 4.30. The van der Waals surface area contributed by atoms with Crippen LogP contribution in [0, 0.1) is 0 Å². The van der Waals surface area contributed by atoms with E-state index >= 15 is 0 Å². The summed E-state index contributed by atoms with van der Waals surface area (Å²) in [5, 5.41) is 8.73. The molecule has 1 aromatic rings. The maximum absolute atomic E-state index is 12.4. The second-order valence-electron chi connectivity index (χ2n) is 3.70. The minimum absolute atomic E-state index is 0.0120. The number of rotatable bonds is 6. The molecule has 1 rings (SSSR count). The fourth-order valence-corrected chi connectivity index (χ4v) is 2.83. The Hall–Kier alpha value is -1.43. The van der Waals surface area contributed by atoms with Gasteiger partial charge in [-0.2, -0.15) is 17.5 Å². The lowest BCUT2D eigenvalue weighted by atomic mass is 10.5. The first-order valence-electron chi connectivity index (χ1n) is 5.31. The maximum atomic E-state index is 12.4. The van der Waals surface area contributed by atoms with Crippen molar-refractivity contribution in [1.82, 2.24) is 9.29 Å². The van der Waals surface area contributed by atoms with Gasteiger partial charge in [0, 0.05) is 18.8 Å². The van der Waals surface area contributed by atoms with E-state index in [4.69, 9.17) is 10.9 Å². The second-order valence-corrected chi connectivity index (χ2v) is 5.64. The van der Waals surface area contributed by atoms with E-state index in [1.165, 1.54) is 0 Å². The zero-order valence-electron chi connectivity index (χ0n) is 10.1. The molecule has 0 aliphatic carbocycles. The van der Waals surface area contributed by atoms with Crippen molar-refractivity contribution in [2.45, 2.75) is 11.1 Å². The molecule has 0 amide bonds. The largest absolute Gasteiger partial charge is 0.402 e. The summed E-state index contributed by atoms with van der Waals surface area (Å²) in [7, 11) is -4.41. The number of aliphatic hydroxyl groups is 1. The van der Waals surface area contributed by atoms with Crippen LogP contribution >= 0.6 is 0 Å². The van der Waals surface area contributed by atoms with Gasteiger partial charge in [0.15, 0.2) is 0 Å². The normalized spacial score (nSPS) is 12.7. The van der Waals surface area contributed by atoms with E-state index in [-0.39, 0.29) is 10.1 Å². The molecule has 0 spiro atoms. The lowest BCUT2D eigenvalue weighted by Gasteiger charge is -2.22. The number of nitrogens with one attached hydrogen (secondary N) is 1. The van der Waals surface area contributed by atoms with E-state index in [0.717, 1.165) is 18.3 Å². The monoisotopic (exact) mass is 314 g/mol. The maximum Gasteiger partial charge on any atom is 0.402 e. The summed E-state index contributed by atoms with van der Waals surface area (Å²) >= 11 is 0. The molecular weight excluding hydrogens is 301 g/mol. The lowest BCUT2D eigenvalue weighted by molar-refractivity contribution is -0.136. The van der Waals surface area contributed by atoms with Crippen molar-refractivity contribution < 1.29 is 26.7 Å². The molecule has 11 heteroatoms. The smallest absolute Gasteiger partial charge is 0.395 e. The fraction of sp³-hybridized carbons (Fsp3) is 0.444. The molecule has 1 aromatic heterocycles. The molecule has 7 nitrogen and oxygen atoms in total. The predicted octanol–water partition coefficient (Wildman–Crippen LogP) is -0.0875. The number of aliphatic hydroxyl groups excluding tert-OH is 1. The Kier molecular flexibility index (Phi) is 5.28. The lowest BCUT2D eigenvalue weighted by Crippen LogP contribution is -2.40. The number of nitrogens with two attached hydrogens (primary N) is 1. The summed E-state index contributed by atoms with van der Waals surface area (Å²) in [6.45, 7) is -3.10. The summed E-state index contributed by atoms with van der Waals surface area (Å²) < 4.78 is 61.5. The zero-order valence-corrected chi connectivity index (χ0v) is 10.9. The third-order valence-corrected chi connectivity index (χ3v) is 4.06. The summed E-state index contributed by atoms with van der Waals surface area (Å²) in [5.74, 6) is 5.05. The van der Waals surface area contributed by atoms with Crippen molar-refractivity contribution >= 4 is 15.8 Å². The Labute approximate surface area is 113 Å². The first-order valence-corrected chi connectivity index (χ1v) is 6.75. The number of nitrogens with zero attached hydrogens (tertiary/aromatic N) is 2. The van der Waals surface area contributed by atoms with E-state index in [1.807, 2.05) is 0 Å². The van der Waals surface area contributed by atoms with Gasteiger partial charge in [-0.25, -0.2) is 19.2 Å². The van der Waals surface area contributed by atoms with Gasteiger partial charge in [0.05, 0.1) is 11.5 Å². The average Bonchev–Trinajstić information content (AvgIpc) is 2.37. The van der Waals surface area contributed by atoms with Gasteiger partial charge in [-0.15, -0.1) is 0 Å². The highest BCUT2D eigenvalue weighted by molar-refractivity contribution is 7.89. The molecule has 0 atom stereocenters. The molecular formula is C9H13F3N4O3S. The first-order chi connectivity index (χ1) is 9.20. The number of sulfonamides is 1. The van der Waals surface area contributed by atoms with Crippen molar-refractivity contribution in [3.8, 4) is 0 Å². The molecule has 0 aliphatic rings. The van der Waals surface area contributed by atoms with Crippen molar-refractivity contribution in [3.05, 3.63) is 18.3 Å². The van der Waals surface area contributed by atoms with Gasteiger partial charge in [0.2, 0.25) is 10.0 Å². The van der Waals surface area contributed by atoms with Crippen LogP contribution in [0.1, 0.15) is 0 Å². The molecule has 0 radical (unpaired) electrons. The average molecular weight is 314 g/mol. The van der Waals surface area contributed by atoms with Crippen LogP contribution in [0.5, 0.6) is 0 Å². The van der Waals surface area contributed by atoms with Crippen LogP contribution in [0.25, 0.3) is 0 Å². The number of anilines is 1. The zero-order chi connectivity index (χ0) is 15.4. The van der Waals surface area contributed by atoms with Gasteiger partial charge < -0.3 is 10.5 Å². The Morgan fingerprint density at radius 1 is 1.45 bits per heavy atom. The number of hydrazine groups is 1. The molecule has 0 bridgehead atoms. The number of hydrogen-bond donors (Lipinski definition) is 3. The van der Waals surface area contributed by atoms with Gasteiger partial charge in [0.25, 0.3) is 0 Å². The van der Waals surface area contributed by atoms with E-state index < -0.39 is 40.8 Å². The van der Waals surface area contributed by atoms with Crippen molar-refractivity contribution in [3.63, 3.8) is 0 Å². The van der Waals surface area contributed by atoms with Gasteiger partial charge in [-0.3, -0.25) is 0 Å². The number of alkyl halides is 3. The highest BCUT2D eigenvalue weighted by Gasteiger charge is 2.36. The van der Waals surface area contributed by atoms with Crippen molar-refractivity contribution in [2.24, 2.45) is 5.84 Å². The number of halogens is 3. The summed E-state index contributed by atoms with van der Waals surface area (Å²) in [5.41, 5.74) is 2.09. The molecule has 20 heavy (non-hydrogen) atoms. The first kappa shape index (κ1) is 16.6. The minimum atomic E-state index is -4.72. The molecule has 0 aliphatic heterocycles. The van der Waals surface area contributed by atoms with Crippen molar-refractivity contribution in [1.29, 1.82) is 0 Å². The highest BCUT2D eigenvalue weighted by atomic mass is 32.2. The van der Waals surface area contributed by atoms with Crippen molar-refractivity contribution in [2.75, 3.05) is 25.1 Å². The predicted molar refractivity (Wildman–Crippen MR) is 63.9 cm³/mol. The van der Waals surface area contributed by atoms with Gasteiger partial charge >= 0.3 is 6.18 Å². The van der Waals surface area contributed by atoms with Crippen LogP contribution in [0.4, 0.5) is 19.0 Å². The highest BCUT2D eigenvalue weighted by Crippen LogP contribution is 2.23. The molecule has 0 fully saturated rings. The van der Waals surface area contributed by atoms with Gasteiger partial charge in [-0.05, 0) is 6.07 Å². The molecule has 4 N–H and O–H groups in total. The SMILES string of the molecule is NNc1cc(S(=O)(=O)N(CCO)CC(F)(F)F)ccn1. The number of pyridine rings is 1. The fourth-order valence-electron chi connectivity index (χ4n) is 1.40. The Bertz CT molecular complexity index is 550. The summed E-state index contributed by atoms with van der Waals surface area (Å²) in [6.07, 6.45) is -3.63. The topological polar surface area (TPSA) is 109 Å². The van der Waals surface area contributed by atoms with Crippen LogP contribution in [-0.4, -0.2) is 48.7 Å². The van der Waals surface area contributed by atoms with E-state index in [9.17, 15) is 21.6 Å². The number of hydrogen-bond acceptors (Lipinski definition) is 6.